The van der Waals surface area contributed by atoms with E-state index in [-0.39, 0.29) is 23.1 Å². The van der Waals surface area contributed by atoms with Crippen LogP contribution in [0, 0.1) is 11.8 Å². The lowest BCUT2D eigenvalue weighted by molar-refractivity contribution is -0.140. The Labute approximate surface area is 152 Å². The number of nitrogens with one attached hydrogen (secondary N) is 1. The van der Waals surface area contributed by atoms with Crippen molar-refractivity contribution in [2.45, 2.75) is 46.7 Å². The van der Waals surface area contributed by atoms with Gasteiger partial charge in [0, 0.05) is 11.9 Å². The molecule has 0 unspecified atom stereocenters. The highest BCUT2D eigenvalue weighted by molar-refractivity contribution is 6.05. The highest BCUT2D eigenvalue weighted by atomic mass is 16.4. The number of nitrogens with zero attached hydrogens (tertiary/aromatic N) is 2. The van der Waals surface area contributed by atoms with Crippen LogP contribution in [-0.4, -0.2) is 32.8 Å². The minimum atomic E-state index is -1.09. The maximum Gasteiger partial charge on any atom is 0.326 e. The van der Waals surface area contributed by atoms with Crippen LogP contribution < -0.4 is 10.9 Å². The molecule has 0 radical (unpaired) electrons. The molecule has 26 heavy (non-hydrogen) atoms. The molecule has 7 nitrogen and oxygen atoms in total. The summed E-state index contributed by atoms with van der Waals surface area (Å²) in [6.07, 6.45) is 0.609. The first-order chi connectivity index (χ1) is 12.3. The first-order valence-electron chi connectivity index (χ1n) is 8.79. The molecule has 0 fully saturated rings. The Balaban J connectivity index is 2.53. The van der Waals surface area contributed by atoms with Gasteiger partial charge in [0.1, 0.15) is 6.04 Å². The molecule has 1 amide bonds. The molecule has 140 valence electrons. The smallest absolute Gasteiger partial charge is 0.326 e. The van der Waals surface area contributed by atoms with E-state index in [1.54, 1.807) is 31.2 Å². The van der Waals surface area contributed by atoms with Crippen LogP contribution in [0.1, 0.15) is 44.6 Å². The fourth-order valence-electron chi connectivity index (χ4n) is 2.77. The number of hydrogen-bond acceptors (Lipinski definition) is 4. The Hall–Kier alpha value is -2.70. The van der Waals surface area contributed by atoms with E-state index in [9.17, 15) is 19.5 Å². The number of carbonyl (C=O) groups excluding carboxylic acids is 1. The summed E-state index contributed by atoms with van der Waals surface area (Å²) in [6, 6.07) is 5.73. The van der Waals surface area contributed by atoms with Gasteiger partial charge < -0.3 is 10.4 Å². The van der Waals surface area contributed by atoms with Gasteiger partial charge in [-0.1, -0.05) is 52.3 Å². The van der Waals surface area contributed by atoms with E-state index in [4.69, 9.17) is 0 Å². The molecule has 1 aromatic heterocycles. The van der Waals surface area contributed by atoms with Gasteiger partial charge in [-0.3, -0.25) is 9.59 Å². The SMILES string of the molecule is CC[C@H](C)[C@H](NC(=O)c1nn(CC(C)C)c(=O)c2ccccc12)C(=O)O. The summed E-state index contributed by atoms with van der Waals surface area (Å²) in [7, 11) is 0. The number of benzene rings is 1. The maximum absolute atomic E-state index is 12.8. The average Bonchev–Trinajstić information content (AvgIpc) is 2.60. The van der Waals surface area contributed by atoms with Crippen LogP contribution in [0.25, 0.3) is 10.8 Å². The number of carboxylic acids is 1. The van der Waals surface area contributed by atoms with Gasteiger partial charge in [-0.15, -0.1) is 0 Å². The summed E-state index contributed by atoms with van der Waals surface area (Å²) in [5.74, 6) is -1.74. The summed E-state index contributed by atoms with van der Waals surface area (Å²) in [6.45, 7) is 7.91. The number of amides is 1. The van der Waals surface area contributed by atoms with Crippen LogP contribution >= 0.6 is 0 Å². The average molecular weight is 359 g/mol. The van der Waals surface area contributed by atoms with E-state index >= 15 is 0 Å². The molecule has 7 heteroatoms. The van der Waals surface area contributed by atoms with Crippen LogP contribution in [0.2, 0.25) is 0 Å². The lowest BCUT2D eigenvalue weighted by Gasteiger charge is -2.20. The molecule has 2 rings (SSSR count). The van der Waals surface area contributed by atoms with Crippen molar-refractivity contribution in [2.24, 2.45) is 11.8 Å². The summed E-state index contributed by atoms with van der Waals surface area (Å²) >= 11 is 0. The van der Waals surface area contributed by atoms with Crippen LogP contribution in [-0.2, 0) is 11.3 Å². The maximum atomic E-state index is 12.8. The van der Waals surface area contributed by atoms with Gasteiger partial charge >= 0.3 is 5.97 Å². The van der Waals surface area contributed by atoms with Crippen LogP contribution in [0.3, 0.4) is 0 Å². The zero-order valence-corrected chi connectivity index (χ0v) is 15.5. The molecule has 0 saturated heterocycles. The number of rotatable bonds is 7. The number of carbonyl (C=O) groups is 2. The lowest BCUT2D eigenvalue weighted by Crippen LogP contribution is -2.45. The Kier molecular flexibility index (Phi) is 6.13. The van der Waals surface area contributed by atoms with E-state index in [1.807, 2.05) is 20.8 Å². The molecule has 2 N–H and O–H groups in total. The van der Waals surface area contributed by atoms with Gasteiger partial charge in [0.05, 0.1) is 5.39 Å². The molecular formula is C19H25N3O4. The Morgan fingerprint density at radius 3 is 2.35 bits per heavy atom. The van der Waals surface area contributed by atoms with Crippen molar-refractivity contribution < 1.29 is 14.7 Å². The molecule has 0 aliphatic rings. The number of hydrogen-bond donors (Lipinski definition) is 2. The predicted octanol–water partition coefficient (Wildman–Crippen LogP) is 2.28. The molecule has 0 aliphatic carbocycles. The van der Waals surface area contributed by atoms with Crippen LogP contribution in [0.5, 0.6) is 0 Å². The third-order valence-corrected chi connectivity index (χ3v) is 4.39. The summed E-state index contributed by atoms with van der Waals surface area (Å²) in [5, 5.41) is 17.0. The van der Waals surface area contributed by atoms with Crippen molar-refractivity contribution in [3.8, 4) is 0 Å². The van der Waals surface area contributed by atoms with Gasteiger partial charge in [-0.05, 0) is 17.9 Å². The first kappa shape index (κ1) is 19.6. The third-order valence-electron chi connectivity index (χ3n) is 4.39. The van der Waals surface area contributed by atoms with Gasteiger partial charge in [-0.2, -0.15) is 5.10 Å². The van der Waals surface area contributed by atoms with E-state index in [0.29, 0.717) is 23.7 Å². The second-order valence-corrected chi connectivity index (χ2v) is 6.95. The van der Waals surface area contributed by atoms with E-state index in [2.05, 4.69) is 10.4 Å². The van der Waals surface area contributed by atoms with E-state index in [1.165, 1.54) is 4.68 Å². The van der Waals surface area contributed by atoms with Crippen LogP contribution in [0.4, 0.5) is 0 Å². The van der Waals surface area contributed by atoms with Gasteiger partial charge in [-0.25, -0.2) is 9.48 Å². The minimum Gasteiger partial charge on any atom is -0.480 e. The molecule has 0 bridgehead atoms. The van der Waals surface area contributed by atoms with E-state index in [0.717, 1.165) is 0 Å². The largest absolute Gasteiger partial charge is 0.480 e. The summed E-state index contributed by atoms with van der Waals surface area (Å²) < 4.78 is 1.28. The zero-order valence-electron chi connectivity index (χ0n) is 15.5. The molecule has 1 aromatic carbocycles. The second kappa shape index (κ2) is 8.12. The van der Waals surface area contributed by atoms with Gasteiger partial charge in [0.2, 0.25) is 0 Å². The fourth-order valence-corrected chi connectivity index (χ4v) is 2.77. The molecule has 0 saturated carbocycles. The molecule has 1 heterocycles. The molecular weight excluding hydrogens is 334 g/mol. The normalized spacial score (nSPS) is 13.6. The quantitative estimate of drug-likeness (QED) is 0.790. The Morgan fingerprint density at radius 2 is 1.81 bits per heavy atom. The standard InChI is InChI=1S/C19H25N3O4/c1-5-12(4)15(19(25)26)20-17(23)16-13-8-6-7-9-14(13)18(24)22(21-16)10-11(2)3/h6-9,11-12,15H,5,10H2,1-4H3,(H,20,23)(H,25,26)/t12-,15-/m0/s1. The predicted molar refractivity (Wildman–Crippen MR) is 99.2 cm³/mol. The first-order valence-corrected chi connectivity index (χ1v) is 8.79. The second-order valence-electron chi connectivity index (χ2n) is 6.95. The van der Waals surface area contributed by atoms with Crippen molar-refractivity contribution in [3.63, 3.8) is 0 Å². The van der Waals surface area contributed by atoms with Crippen LogP contribution in [0.15, 0.2) is 29.1 Å². The van der Waals surface area contributed by atoms with Gasteiger partial charge in [0.15, 0.2) is 5.69 Å². The molecule has 0 aliphatic heterocycles. The van der Waals surface area contributed by atoms with Crippen molar-refractivity contribution in [3.05, 3.63) is 40.3 Å². The number of aliphatic carboxylic acids is 1. The monoisotopic (exact) mass is 359 g/mol. The molecule has 2 aromatic rings. The molecule has 0 spiro atoms. The van der Waals surface area contributed by atoms with Crippen molar-refractivity contribution in [1.29, 1.82) is 0 Å². The van der Waals surface area contributed by atoms with E-state index < -0.39 is 17.9 Å². The third kappa shape index (κ3) is 4.09. The highest BCUT2D eigenvalue weighted by Crippen LogP contribution is 2.15. The topological polar surface area (TPSA) is 101 Å². The summed E-state index contributed by atoms with van der Waals surface area (Å²) in [4.78, 5) is 36.9. The van der Waals surface area contributed by atoms with Gasteiger partial charge in [0.25, 0.3) is 11.5 Å². The minimum absolute atomic E-state index is 0.0652. The van der Waals surface area contributed by atoms with Crippen molar-refractivity contribution in [2.75, 3.05) is 0 Å². The number of fused-ring (bicyclic) bond motifs is 1. The number of carboxylic acid groups (broad SMARTS) is 1. The zero-order chi connectivity index (χ0) is 19.4. The fraction of sp³-hybridized carbons (Fsp3) is 0.474. The lowest BCUT2D eigenvalue weighted by atomic mass is 9.99. The summed E-state index contributed by atoms with van der Waals surface area (Å²) in [5.41, 5.74) is -0.196. The Morgan fingerprint density at radius 1 is 1.19 bits per heavy atom. The highest BCUT2D eigenvalue weighted by Gasteiger charge is 2.27. The Bertz CT molecular complexity index is 873. The van der Waals surface area contributed by atoms with Crippen molar-refractivity contribution >= 4 is 22.6 Å². The number of aromatic nitrogens is 2. The van der Waals surface area contributed by atoms with Crippen molar-refractivity contribution in [1.82, 2.24) is 15.1 Å². The molecule has 2 atom stereocenters.